The first-order chi connectivity index (χ1) is 17.4. The molecule has 2 aromatic heterocycles. The number of amides is 1. The van der Waals surface area contributed by atoms with Gasteiger partial charge >= 0.3 is 12.4 Å². The number of hydrogen-bond acceptors (Lipinski definition) is 8. The van der Waals surface area contributed by atoms with Crippen LogP contribution in [-0.2, 0) is 17.1 Å². The lowest BCUT2D eigenvalue weighted by molar-refractivity contribution is -0.140. The first kappa shape index (κ1) is 26.6. The van der Waals surface area contributed by atoms with E-state index in [9.17, 15) is 35.9 Å². The number of carbonyl (C=O) groups is 1. The van der Waals surface area contributed by atoms with Crippen LogP contribution in [0.2, 0.25) is 0 Å². The molecule has 2 aromatic rings. The summed E-state index contributed by atoms with van der Waals surface area (Å²) in [6.45, 7) is 1.27. The number of anilines is 1. The number of carbonyl (C=O) groups excluding carboxylic acids is 1. The third-order valence-corrected chi connectivity index (χ3v) is 6.18. The summed E-state index contributed by atoms with van der Waals surface area (Å²) in [7, 11) is 0. The number of ether oxygens (including phenoxy) is 1. The molecule has 0 aliphatic carbocycles. The lowest BCUT2D eigenvalue weighted by Gasteiger charge is -2.35. The predicted molar refractivity (Wildman–Crippen MR) is 116 cm³/mol. The van der Waals surface area contributed by atoms with Crippen LogP contribution >= 0.6 is 0 Å². The molecule has 2 atom stereocenters. The van der Waals surface area contributed by atoms with Crippen molar-refractivity contribution in [1.29, 1.82) is 0 Å². The van der Waals surface area contributed by atoms with E-state index in [0.717, 1.165) is 18.6 Å². The number of H-pyrrole nitrogens is 1. The molecule has 4 rings (SSSR count). The molecule has 2 aliphatic rings. The van der Waals surface area contributed by atoms with Gasteiger partial charge in [-0.1, -0.05) is 0 Å². The molecule has 0 radical (unpaired) electrons. The maximum Gasteiger partial charge on any atom is 0.425 e. The summed E-state index contributed by atoms with van der Waals surface area (Å²) < 4.78 is 82.7. The molecule has 2 fully saturated rings. The van der Waals surface area contributed by atoms with E-state index in [1.807, 2.05) is 0 Å². The van der Waals surface area contributed by atoms with Gasteiger partial charge in [-0.25, -0.2) is 15.1 Å². The SMILES string of the molecule is O=C(CC1CCC(COc2cn[nH]c(=O)c2C(F)(F)F)N1)N1CCN(c2ncc(C(F)(F)F)cn2)CC1. The Morgan fingerprint density at radius 3 is 2.24 bits per heavy atom. The van der Waals surface area contributed by atoms with Gasteiger partial charge in [-0.3, -0.25) is 9.59 Å². The van der Waals surface area contributed by atoms with Gasteiger partial charge in [0.2, 0.25) is 11.9 Å². The Bertz CT molecular complexity index is 1150. The minimum Gasteiger partial charge on any atom is -0.489 e. The first-order valence-corrected chi connectivity index (χ1v) is 11.4. The summed E-state index contributed by atoms with van der Waals surface area (Å²) in [5, 5.41) is 8.27. The summed E-state index contributed by atoms with van der Waals surface area (Å²) in [6.07, 6.45) is -5.82. The Kier molecular flexibility index (Phi) is 7.57. The molecule has 202 valence electrons. The van der Waals surface area contributed by atoms with E-state index in [0.29, 0.717) is 39.0 Å². The molecule has 37 heavy (non-hydrogen) atoms. The topological polar surface area (TPSA) is 116 Å². The smallest absolute Gasteiger partial charge is 0.425 e. The zero-order valence-corrected chi connectivity index (χ0v) is 19.3. The van der Waals surface area contributed by atoms with Crippen molar-refractivity contribution in [3.63, 3.8) is 0 Å². The molecule has 0 spiro atoms. The minimum absolute atomic E-state index is 0.120. The van der Waals surface area contributed by atoms with E-state index in [1.165, 1.54) is 0 Å². The van der Waals surface area contributed by atoms with Gasteiger partial charge < -0.3 is 19.9 Å². The Balaban J connectivity index is 1.23. The van der Waals surface area contributed by atoms with Gasteiger partial charge in [-0.15, -0.1) is 0 Å². The van der Waals surface area contributed by atoms with Gasteiger partial charge in [-0.2, -0.15) is 31.4 Å². The molecule has 2 saturated heterocycles. The van der Waals surface area contributed by atoms with E-state index >= 15 is 0 Å². The Morgan fingerprint density at radius 1 is 0.973 bits per heavy atom. The van der Waals surface area contributed by atoms with Gasteiger partial charge in [0, 0.05) is 57.1 Å². The summed E-state index contributed by atoms with van der Waals surface area (Å²) in [6, 6.07) is -0.511. The summed E-state index contributed by atoms with van der Waals surface area (Å²) in [5.74, 6) is -0.623. The van der Waals surface area contributed by atoms with Crippen molar-refractivity contribution in [3.05, 3.63) is 40.1 Å². The molecule has 0 saturated carbocycles. The first-order valence-electron chi connectivity index (χ1n) is 11.4. The highest BCUT2D eigenvalue weighted by Crippen LogP contribution is 2.33. The van der Waals surface area contributed by atoms with Gasteiger partial charge in [0.1, 0.15) is 6.61 Å². The quantitative estimate of drug-likeness (QED) is 0.539. The van der Waals surface area contributed by atoms with Crippen LogP contribution in [0.15, 0.2) is 23.4 Å². The van der Waals surface area contributed by atoms with Crippen LogP contribution in [0.5, 0.6) is 5.75 Å². The van der Waals surface area contributed by atoms with E-state index in [4.69, 9.17) is 4.74 Å². The van der Waals surface area contributed by atoms with Crippen LogP contribution in [0.4, 0.5) is 32.3 Å². The number of piperazine rings is 1. The molecule has 2 N–H and O–H groups in total. The monoisotopic (exact) mass is 535 g/mol. The Morgan fingerprint density at radius 2 is 1.62 bits per heavy atom. The number of alkyl halides is 6. The van der Waals surface area contributed by atoms with Crippen LogP contribution in [0, 0.1) is 0 Å². The number of halogens is 6. The number of rotatable bonds is 6. The fourth-order valence-electron chi connectivity index (χ4n) is 4.27. The van der Waals surface area contributed by atoms with Crippen LogP contribution < -0.4 is 20.5 Å². The fourth-order valence-corrected chi connectivity index (χ4v) is 4.27. The Labute approximate surface area is 206 Å². The van der Waals surface area contributed by atoms with E-state index in [1.54, 1.807) is 14.9 Å². The lowest BCUT2D eigenvalue weighted by atomic mass is 10.1. The van der Waals surface area contributed by atoms with E-state index < -0.39 is 34.8 Å². The zero-order chi connectivity index (χ0) is 26.8. The average Bonchev–Trinajstić information content (AvgIpc) is 3.28. The largest absolute Gasteiger partial charge is 0.489 e. The van der Waals surface area contributed by atoms with Gasteiger partial charge in [0.05, 0.1) is 11.8 Å². The molecule has 10 nitrogen and oxygen atoms in total. The molecular formula is C21H23F6N7O3. The third-order valence-electron chi connectivity index (χ3n) is 6.18. The van der Waals surface area contributed by atoms with Crippen LogP contribution in [0.1, 0.15) is 30.4 Å². The van der Waals surface area contributed by atoms with E-state index in [-0.39, 0.29) is 37.0 Å². The second-order valence-corrected chi connectivity index (χ2v) is 8.73. The molecule has 0 bridgehead atoms. The number of aromatic nitrogens is 4. The number of nitrogens with one attached hydrogen (secondary N) is 2. The highest BCUT2D eigenvalue weighted by molar-refractivity contribution is 5.77. The number of aromatic amines is 1. The normalized spacial score (nSPS) is 20.8. The summed E-state index contributed by atoms with van der Waals surface area (Å²) in [4.78, 5) is 35.2. The third kappa shape index (κ3) is 6.47. The summed E-state index contributed by atoms with van der Waals surface area (Å²) in [5.41, 5.74) is -3.78. The maximum atomic E-state index is 13.1. The zero-order valence-electron chi connectivity index (χ0n) is 19.3. The van der Waals surface area contributed by atoms with Crippen molar-refractivity contribution in [2.24, 2.45) is 0 Å². The highest BCUT2D eigenvalue weighted by atomic mass is 19.4. The van der Waals surface area contributed by atoms with Crippen molar-refractivity contribution < 1.29 is 35.9 Å². The number of nitrogens with zero attached hydrogens (tertiary/aromatic N) is 5. The molecule has 1 amide bonds. The molecule has 0 aromatic carbocycles. The van der Waals surface area contributed by atoms with E-state index in [2.05, 4.69) is 20.4 Å². The fraction of sp³-hybridized carbons (Fsp3) is 0.571. The molecule has 4 heterocycles. The second-order valence-electron chi connectivity index (χ2n) is 8.73. The minimum atomic E-state index is -4.90. The van der Waals surface area contributed by atoms with Gasteiger partial charge in [0.15, 0.2) is 11.3 Å². The number of hydrogen-bond donors (Lipinski definition) is 2. The van der Waals surface area contributed by atoms with Crippen molar-refractivity contribution >= 4 is 11.9 Å². The average molecular weight is 535 g/mol. The lowest BCUT2D eigenvalue weighted by Crippen LogP contribution is -2.50. The van der Waals surface area contributed by atoms with Gasteiger partial charge in [0.25, 0.3) is 5.56 Å². The predicted octanol–water partition coefficient (Wildman–Crippen LogP) is 1.84. The summed E-state index contributed by atoms with van der Waals surface area (Å²) >= 11 is 0. The highest BCUT2D eigenvalue weighted by Gasteiger charge is 2.39. The standard InChI is InChI=1S/C21H23F6N7O3/c22-20(23,24)12-8-28-19(29-9-12)34-5-3-33(4-6-34)16(35)7-13-1-2-14(31-13)11-37-15-10-30-32-18(36)17(15)21(25,26)27/h8-10,13-14,31H,1-7,11H2,(H,32,36). The van der Waals surface area contributed by atoms with Crippen molar-refractivity contribution in [2.75, 3.05) is 37.7 Å². The molecule has 2 aliphatic heterocycles. The Hall–Kier alpha value is -3.43. The molecule has 16 heteroatoms. The molecule has 2 unspecified atom stereocenters. The van der Waals surface area contributed by atoms with Crippen LogP contribution in [0.25, 0.3) is 0 Å². The van der Waals surface area contributed by atoms with Crippen LogP contribution in [-0.4, -0.2) is 75.8 Å². The molecular weight excluding hydrogens is 512 g/mol. The van der Waals surface area contributed by atoms with Gasteiger partial charge in [-0.05, 0) is 12.8 Å². The van der Waals surface area contributed by atoms with Crippen molar-refractivity contribution in [1.82, 2.24) is 30.4 Å². The van der Waals surface area contributed by atoms with Crippen LogP contribution in [0.3, 0.4) is 0 Å². The second kappa shape index (κ2) is 10.5. The van der Waals surface area contributed by atoms with Crippen molar-refractivity contribution in [2.45, 2.75) is 43.7 Å². The maximum absolute atomic E-state index is 13.1. The van der Waals surface area contributed by atoms with Crippen molar-refractivity contribution in [3.8, 4) is 5.75 Å².